The minimum absolute atomic E-state index is 0.835. The van der Waals surface area contributed by atoms with Gasteiger partial charge in [0, 0.05) is 38.9 Å². The molecule has 3 rings (SSSR count). The molecule has 0 aromatic carbocycles. The first-order chi connectivity index (χ1) is 8.78. The SMILES string of the molecule is CCCCn1cc(C)nc1N1C[C@H]2CNC[C@H]2C1. The molecule has 1 N–H and O–H groups in total. The van der Waals surface area contributed by atoms with Crippen LogP contribution in [0.5, 0.6) is 0 Å². The maximum atomic E-state index is 4.74. The first-order valence-electron chi connectivity index (χ1n) is 7.27. The molecule has 0 aliphatic carbocycles. The molecule has 2 aliphatic rings. The van der Waals surface area contributed by atoms with Crippen molar-refractivity contribution >= 4 is 5.95 Å². The summed E-state index contributed by atoms with van der Waals surface area (Å²) in [5.74, 6) is 2.87. The van der Waals surface area contributed by atoms with Gasteiger partial charge in [0.2, 0.25) is 5.95 Å². The van der Waals surface area contributed by atoms with Crippen LogP contribution in [0.25, 0.3) is 0 Å². The molecule has 2 atom stereocenters. The van der Waals surface area contributed by atoms with Gasteiger partial charge >= 0.3 is 0 Å². The Hall–Kier alpha value is -1.03. The summed E-state index contributed by atoms with van der Waals surface area (Å²) in [6.45, 7) is 10.2. The van der Waals surface area contributed by atoms with Crippen LogP contribution in [0.4, 0.5) is 5.95 Å². The molecule has 4 heteroatoms. The number of aromatic nitrogens is 2. The van der Waals surface area contributed by atoms with Crippen molar-refractivity contribution < 1.29 is 0 Å². The molecule has 100 valence electrons. The van der Waals surface area contributed by atoms with Gasteiger partial charge in [-0.15, -0.1) is 0 Å². The van der Waals surface area contributed by atoms with Crippen molar-refractivity contribution in [2.45, 2.75) is 33.2 Å². The van der Waals surface area contributed by atoms with E-state index in [-0.39, 0.29) is 0 Å². The molecule has 1 aromatic heterocycles. The summed E-state index contributed by atoms with van der Waals surface area (Å²) >= 11 is 0. The predicted octanol–water partition coefficient (Wildman–Crippen LogP) is 1.65. The highest BCUT2D eigenvalue weighted by atomic mass is 15.3. The largest absolute Gasteiger partial charge is 0.342 e. The van der Waals surface area contributed by atoms with Crippen LogP contribution in [0.15, 0.2) is 6.20 Å². The molecular weight excluding hydrogens is 224 g/mol. The molecule has 0 saturated carbocycles. The molecule has 3 heterocycles. The number of unbranched alkanes of at least 4 members (excludes halogenated alkanes) is 1. The van der Waals surface area contributed by atoms with E-state index in [1.807, 2.05) is 0 Å². The van der Waals surface area contributed by atoms with Crippen LogP contribution in [0.2, 0.25) is 0 Å². The van der Waals surface area contributed by atoms with E-state index in [1.54, 1.807) is 0 Å². The van der Waals surface area contributed by atoms with Crippen LogP contribution in [0, 0.1) is 18.8 Å². The summed E-state index contributed by atoms with van der Waals surface area (Å²) in [6, 6.07) is 0. The lowest BCUT2D eigenvalue weighted by atomic mass is 10.0. The zero-order chi connectivity index (χ0) is 12.5. The Balaban J connectivity index is 1.75. The molecule has 4 nitrogen and oxygen atoms in total. The lowest BCUT2D eigenvalue weighted by Crippen LogP contribution is -2.28. The summed E-state index contributed by atoms with van der Waals surface area (Å²) in [4.78, 5) is 7.24. The Bertz CT molecular complexity index is 400. The van der Waals surface area contributed by atoms with Crippen LogP contribution < -0.4 is 10.2 Å². The van der Waals surface area contributed by atoms with Gasteiger partial charge in [-0.3, -0.25) is 0 Å². The fourth-order valence-electron chi connectivity index (χ4n) is 3.30. The molecule has 2 saturated heterocycles. The quantitative estimate of drug-likeness (QED) is 0.879. The molecule has 2 aliphatic heterocycles. The second-order valence-corrected chi connectivity index (χ2v) is 5.81. The van der Waals surface area contributed by atoms with Gasteiger partial charge in [-0.05, 0) is 25.2 Å². The van der Waals surface area contributed by atoms with Crippen molar-refractivity contribution in [3.8, 4) is 0 Å². The van der Waals surface area contributed by atoms with Crippen LogP contribution in [0.3, 0.4) is 0 Å². The van der Waals surface area contributed by atoms with Crippen molar-refractivity contribution in [1.82, 2.24) is 14.9 Å². The summed E-state index contributed by atoms with van der Waals surface area (Å²) in [7, 11) is 0. The normalized spacial score (nSPS) is 26.9. The van der Waals surface area contributed by atoms with E-state index < -0.39 is 0 Å². The van der Waals surface area contributed by atoms with Gasteiger partial charge in [-0.1, -0.05) is 13.3 Å². The Morgan fingerprint density at radius 3 is 2.72 bits per heavy atom. The average Bonchev–Trinajstić information content (AvgIpc) is 2.98. The average molecular weight is 248 g/mol. The molecular formula is C14H24N4. The summed E-state index contributed by atoms with van der Waals surface area (Å²) in [5.41, 5.74) is 1.15. The Labute approximate surface area is 109 Å². The third-order valence-corrected chi connectivity index (χ3v) is 4.30. The second kappa shape index (κ2) is 4.92. The number of rotatable bonds is 4. The predicted molar refractivity (Wildman–Crippen MR) is 73.9 cm³/mol. The van der Waals surface area contributed by atoms with Crippen LogP contribution >= 0.6 is 0 Å². The van der Waals surface area contributed by atoms with E-state index in [9.17, 15) is 0 Å². The number of hydrogen-bond donors (Lipinski definition) is 1. The summed E-state index contributed by atoms with van der Waals surface area (Å²) in [6.07, 6.45) is 4.69. The topological polar surface area (TPSA) is 33.1 Å². The summed E-state index contributed by atoms with van der Waals surface area (Å²) < 4.78 is 2.35. The van der Waals surface area contributed by atoms with E-state index in [4.69, 9.17) is 4.98 Å². The number of nitrogens with one attached hydrogen (secondary N) is 1. The lowest BCUT2D eigenvalue weighted by Gasteiger charge is -2.20. The van der Waals surface area contributed by atoms with E-state index in [0.29, 0.717) is 0 Å². The standard InChI is InChI=1S/C14H24N4/c1-3-4-5-17-8-11(2)16-14(17)18-9-12-6-15-7-13(12)10-18/h8,12-13,15H,3-7,9-10H2,1-2H3/t12-,13+. The van der Waals surface area contributed by atoms with Crippen molar-refractivity contribution in [3.63, 3.8) is 0 Å². The van der Waals surface area contributed by atoms with Gasteiger partial charge in [0.15, 0.2) is 0 Å². The number of nitrogens with zero attached hydrogens (tertiary/aromatic N) is 3. The van der Waals surface area contributed by atoms with Crippen molar-refractivity contribution in [3.05, 3.63) is 11.9 Å². The number of aryl methyl sites for hydroxylation is 2. The first-order valence-corrected chi connectivity index (χ1v) is 7.27. The van der Waals surface area contributed by atoms with E-state index in [0.717, 1.165) is 24.1 Å². The molecule has 1 aromatic rings. The number of fused-ring (bicyclic) bond motifs is 1. The zero-order valence-corrected chi connectivity index (χ0v) is 11.5. The molecule has 0 bridgehead atoms. The fourth-order valence-corrected chi connectivity index (χ4v) is 3.30. The zero-order valence-electron chi connectivity index (χ0n) is 11.5. The maximum absolute atomic E-state index is 4.74. The Morgan fingerprint density at radius 2 is 2.06 bits per heavy atom. The van der Waals surface area contributed by atoms with E-state index >= 15 is 0 Å². The van der Waals surface area contributed by atoms with E-state index in [1.165, 1.54) is 45.0 Å². The third kappa shape index (κ3) is 2.14. The molecule has 18 heavy (non-hydrogen) atoms. The minimum atomic E-state index is 0.835. The van der Waals surface area contributed by atoms with Crippen molar-refractivity contribution in [2.75, 3.05) is 31.1 Å². The van der Waals surface area contributed by atoms with Gasteiger partial charge in [0.05, 0.1) is 5.69 Å². The highest BCUT2D eigenvalue weighted by Gasteiger charge is 2.37. The van der Waals surface area contributed by atoms with Crippen molar-refractivity contribution in [1.29, 1.82) is 0 Å². The second-order valence-electron chi connectivity index (χ2n) is 5.81. The molecule has 0 spiro atoms. The molecule has 2 fully saturated rings. The number of imidazole rings is 1. The lowest BCUT2D eigenvalue weighted by molar-refractivity contribution is 0.533. The van der Waals surface area contributed by atoms with Crippen LogP contribution in [0.1, 0.15) is 25.5 Å². The first kappa shape index (κ1) is 12.0. The molecule has 0 unspecified atom stereocenters. The van der Waals surface area contributed by atoms with Gasteiger partial charge in [0.25, 0.3) is 0 Å². The molecule has 0 amide bonds. The van der Waals surface area contributed by atoms with Crippen LogP contribution in [-0.2, 0) is 6.54 Å². The number of hydrogen-bond acceptors (Lipinski definition) is 3. The fraction of sp³-hybridized carbons (Fsp3) is 0.786. The Morgan fingerprint density at radius 1 is 1.33 bits per heavy atom. The molecule has 0 radical (unpaired) electrons. The highest BCUT2D eigenvalue weighted by Crippen LogP contribution is 2.30. The van der Waals surface area contributed by atoms with Gasteiger partial charge in [0.1, 0.15) is 0 Å². The summed E-state index contributed by atoms with van der Waals surface area (Å²) in [5, 5.41) is 3.50. The third-order valence-electron chi connectivity index (χ3n) is 4.30. The van der Waals surface area contributed by atoms with Gasteiger partial charge in [-0.25, -0.2) is 4.98 Å². The highest BCUT2D eigenvalue weighted by molar-refractivity contribution is 5.36. The van der Waals surface area contributed by atoms with E-state index in [2.05, 4.69) is 34.8 Å². The van der Waals surface area contributed by atoms with Crippen molar-refractivity contribution in [2.24, 2.45) is 11.8 Å². The van der Waals surface area contributed by atoms with Gasteiger partial charge in [-0.2, -0.15) is 0 Å². The minimum Gasteiger partial charge on any atom is -0.342 e. The maximum Gasteiger partial charge on any atom is 0.205 e. The monoisotopic (exact) mass is 248 g/mol. The number of anilines is 1. The smallest absolute Gasteiger partial charge is 0.205 e. The Kier molecular flexibility index (Phi) is 3.29. The van der Waals surface area contributed by atoms with Crippen LogP contribution in [-0.4, -0.2) is 35.7 Å². The van der Waals surface area contributed by atoms with Gasteiger partial charge < -0.3 is 14.8 Å².